The lowest BCUT2D eigenvalue weighted by Crippen LogP contribution is -2.47. The smallest absolute Gasteiger partial charge is 0.295 e. The van der Waals surface area contributed by atoms with Gasteiger partial charge in [-0.3, -0.25) is 14.9 Å². The molecule has 0 amide bonds. The van der Waals surface area contributed by atoms with Crippen molar-refractivity contribution >= 4 is 23.0 Å². The Bertz CT molecular complexity index is 774. The molecule has 0 radical (unpaired) electrons. The molecular formula is C17H23N5OS. The topological polar surface area (TPSA) is 54.2 Å². The van der Waals surface area contributed by atoms with E-state index in [1.807, 2.05) is 49.0 Å². The highest BCUT2D eigenvalue weighted by molar-refractivity contribution is 7.80. The molecule has 2 aromatic rings. The minimum absolute atomic E-state index is 0.107. The van der Waals surface area contributed by atoms with Crippen LogP contribution in [-0.2, 0) is 7.05 Å². The fourth-order valence-electron chi connectivity index (χ4n) is 3.00. The van der Waals surface area contributed by atoms with Crippen LogP contribution in [0.1, 0.15) is 25.0 Å². The third-order valence-electron chi connectivity index (χ3n) is 4.41. The van der Waals surface area contributed by atoms with E-state index in [2.05, 4.69) is 15.8 Å². The lowest BCUT2D eigenvalue weighted by Gasteiger charge is -2.28. The third-order valence-corrected chi connectivity index (χ3v) is 4.60. The predicted octanol–water partition coefficient (Wildman–Crippen LogP) is 2.17. The lowest BCUT2D eigenvalue weighted by molar-refractivity contribution is 0.196. The van der Waals surface area contributed by atoms with Gasteiger partial charge in [-0.1, -0.05) is 24.6 Å². The highest BCUT2D eigenvalue weighted by Gasteiger charge is 2.18. The Hall–Kier alpha value is -2.12. The number of hydrogen-bond donors (Lipinski definition) is 2. The Kier molecular flexibility index (Phi) is 5.01. The maximum absolute atomic E-state index is 12.8. The third kappa shape index (κ3) is 3.37. The van der Waals surface area contributed by atoms with Crippen molar-refractivity contribution in [3.63, 3.8) is 0 Å². The molecule has 3 rings (SSSR count). The molecular weight excluding hydrogens is 322 g/mol. The Labute approximate surface area is 147 Å². The minimum Gasteiger partial charge on any atom is -0.326 e. The first-order valence-corrected chi connectivity index (χ1v) is 8.65. The molecule has 1 aliphatic heterocycles. The summed E-state index contributed by atoms with van der Waals surface area (Å²) in [5, 5.41) is 5.65. The van der Waals surface area contributed by atoms with Crippen LogP contribution < -0.4 is 16.3 Å². The summed E-state index contributed by atoms with van der Waals surface area (Å²) in [5.74, 6) is 0. The summed E-state index contributed by atoms with van der Waals surface area (Å²) in [6.45, 7) is 3.86. The average molecular weight is 345 g/mol. The van der Waals surface area contributed by atoms with E-state index in [0.717, 1.165) is 24.5 Å². The zero-order chi connectivity index (χ0) is 17.1. The van der Waals surface area contributed by atoms with Crippen LogP contribution in [0.3, 0.4) is 0 Å². The van der Waals surface area contributed by atoms with Crippen LogP contribution in [-0.4, -0.2) is 32.6 Å². The average Bonchev–Trinajstić information content (AvgIpc) is 2.80. The van der Waals surface area contributed by atoms with Gasteiger partial charge in [0.05, 0.1) is 11.4 Å². The molecule has 24 heavy (non-hydrogen) atoms. The molecule has 1 fully saturated rings. The van der Waals surface area contributed by atoms with Crippen molar-refractivity contribution in [1.82, 2.24) is 19.8 Å². The molecule has 0 saturated carbocycles. The van der Waals surface area contributed by atoms with Crippen LogP contribution in [0.4, 0.5) is 5.69 Å². The normalized spacial score (nSPS) is 15.2. The maximum Gasteiger partial charge on any atom is 0.295 e. The molecule has 1 aromatic heterocycles. The molecule has 6 nitrogen and oxygen atoms in total. The summed E-state index contributed by atoms with van der Waals surface area (Å²) in [6, 6.07) is 9.59. The van der Waals surface area contributed by atoms with Gasteiger partial charge in [-0.25, -0.2) is 9.69 Å². The molecule has 2 heterocycles. The number of nitrogens with one attached hydrogen (secondary N) is 2. The van der Waals surface area contributed by atoms with E-state index in [0.29, 0.717) is 10.8 Å². The second kappa shape index (κ2) is 7.19. The van der Waals surface area contributed by atoms with E-state index >= 15 is 0 Å². The second-order valence-corrected chi connectivity index (χ2v) is 6.46. The molecule has 1 aliphatic rings. The first-order chi connectivity index (χ1) is 11.6. The van der Waals surface area contributed by atoms with Gasteiger partial charge in [0.1, 0.15) is 5.69 Å². The molecule has 0 unspecified atom stereocenters. The van der Waals surface area contributed by atoms with Crippen LogP contribution in [0.25, 0.3) is 5.69 Å². The summed E-state index contributed by atoms with van der Waals surface area (Å²) in [7, 11) is 1.87. The van der Waals surface area contributed by atoms with Crippen molar-refractivity contribution in [3.05, 3.63) is 46.4 Å². The van der Waals surface area contributed by atoms with Crippen molar-refractivity contribution in [2.24, 2.45) is 7.05 Å². The van der Waals surface area contributed by atoms with Gasteiger partial charge in [0, 0.05) is 20.1 Å². The quantitative estimate of drug-likeness (QED) is 0.835. The van der Waals surface area contributed by atoms with Crippen LogP contribution in [0, 0.1) is 6.92 Å². The summed E-state index contributed by atoms with van der Waals surface area (Å²) in [5.41, 5.74) is 5.26. The largest absolute Gasteiger partial charge is 0.326 e. The standard InChI is InChI=1S/C17H23N5OS/c1-13-15(18-17(24)19-21-11-7-4-8-12-21)16(23)22(20(13)2)14-9-5-3-6-10-14/h3,5-6,9-10H,4,7-8,11-12H2,1-2H3,(H2,18,19,24). The molecule has 0 aliphatic carbocycles. The van der Waals surface area contributed by atoms with Gasteiger partial charge in [-0.2, -0.15) is 0 Å². The number of anilines is 1. The lowest BCUT2D eigenvalue weighted by atomic mass is 10.2. The number of rotatable bonds is 3. The first kappa shape index (κ1) is 16.7. The van der Waals surface area contributed by atoms with Gasteiger partial charge in [0.25, 0.3) is 5.56 Å². The van der Waals surface area contributed by atoms with Crippen LogP contribution in [0.2, 0.25) is 0 Å². The van der Waals surface area contributed by atoms with E-state index in [1.165, 1.54) is 19.3 Å². The number of hydrazine groups is 1. The Morgan fingerprint density at radius 1 is 1.12 bits per heavy atom. The SMILES string of the molecule is Cc1c(NC(=S)NN2CCCCC2)c(=O)n(-c2ccccc2)n1C. The summed E-state index contributed by atoms with van der Waals surface area (Å²) in [4.78, 5) is 12.8. The van der Waals surface area contributed by atoms with Gasteiger partial charge < -0.3 is 5.32 Å². The minimum atomic E-state index is -0.107. The number of benzene rings is 1. The van der Waals surface area contributed by atoms with Crippen molar-refractivity contribution in [3.8, 4) is 5.69 Å². The van der Waals surface area contributed by atoms with Crippen molar-refractivity contribution in [2.45, 2.75) is 26.2 Å². The number of aromatic nitrogens is 2. The summed E-state index contributed by atoms with van der Waals surface area (Å²) >= 11 is 5.38. The zero-order valence-electron chi connectivity index (χ0n) is 14.1. The van der Waals surface area contributed by atoms with Crippen LogP contribution >= 0.6 is 12.2 Å². The molecule has 1 saturated heterocycles. The van der Waals surface area contributed by atoms with E-state index in [-0.39, 0.29) is 5.56 Å². The van der Waals surface area contributed by atoms with Gasteiger partial charge in [-0.05, 0) is 44.1 Å². The van der Waals surface area contributed by atoms with Gasteiger partial charge in [-0.15, -0.1) is 0 Å². The second-order valence-electron chi connectivity index (χ2n) is 6.05. The Balaban J connectivity index is 1.81. The number of nitrogens with zero attached hydrogens (tertiary/aromatic N) is 3. The Morgan fingerprint density at radius 2 is 1.79 bits per heavy atom. The molecule has 1 aromatic carbocycles. The van der Waals surface area contributed by atoms with Crippen molar-refractivity contribution < 1.29 is 0 Å². The fraction of sp³-hybridized carbons (Fsp3) is 0.412. The Morgan fingerprint density at radius 3 is 2.46 bits per heavy atom. The summed E-state index contributed by atoms with van der Waals surface area (Å²) < 4.78 is 3.48. The first-order valence-electron chi connectivity index (χ1n) is 8.24. The molecule has 2 N–H and O–H groups in total. The maximum atomic E-state index is 12.8. The van der Waals surface area contributed by atoms with Gasteiger partial charge in [0.15, 0.2) is 5.11 Å². The monoisotopic (exact) mass is 345 g/mol. The van der Waals surface area contributed by atoms with E-state index in [1.54, 1.807) is 4.68 Å². The highest BCUT2D eigenvalue weighted by Crippen LogP contribution is 2.14. The van der Waals surface area contributed by atoms with E-state index in [9.17, 15) is 4.79 Å². The van der Waals surface area contributed by atoms with Crippen LogP contribution in [0.5, 0.6) is 0 Å². The predicted molar refractivity (Wildman–Crippen MR) is 101 cm³/mol. The number of hydrogen-bond acceptors (Lipinski definition) is 3. The fourth-order valence-corrected chi connectivity index (χ4v) is 3.23. The molecule has 0 spiro atoms. The molecule has 0 bridgehead atoms. The van der Waals surface area contributed by atoms with Gasteiger partial charge in [0.2, 0.25) is 0 Å². The number of thiocarbonyl (C=S) groups is 1. The molecule has 0 atom stereocenters. The molecule has 7 heteroatoms. The van der Waals surface area contributed by atoms with E-state index in [4.69, 9.17) is 12.2 Å². The number of para-hydroxylation sites is 1. The van der Waals surface area contributed by atoms with E-state index < -0.39 is 0 Å². The zero-order valence-corrected chi connectivity index (χ0v) is 14.9. The van der Waals surface area contributed by atoms with Crippen molar-refractivity contribution in [2.75, 3.05) is 18.4 Å². The highest BCUT2D eigenvalue weighted by atomic mass is 32.1. The molecule has 128 valence electrons. The number of piperidine rings is 1. The summed E-state index contributed by atoms with van der Waals surface area (Å²) in [6.07, 6.45) is 3.60. The van der Waals surface area contributed by atoms with Gasteiger partial charge >= 0.3 is 0 Å². The van der Waals surface area contributed by atoms with Crippen LogP contribution in [0.15, 0.2) is 35.1 Å². The van der Waals surface area contributed by atoms with Crippen molar-refractivity contribution in [1.29, 1.82) is 0 Å².